The molecule has 1 heterocycles. The Morgan fingerprint density at radius 3 is 2.33 bits per heavy atom. The van der Waals surface area contributed by atoms with Crippen molar-refractivity contribution >= 4 is 27.6 Å². The smallest absolute Gasteiger partial charge is 0.341 e. The highest BCUT2D eigenvalue weighted by molar-refractivity contribution is 7.92. The summed E-state index contributed by atoms with van der Waals surface area (Å²) in [5, 5.41) is 2.64. The van der Waals surface area contributed by atoms with Gasteiger partial charge in [0.15, 0.2) is 0 Å². The number of benzene rings is 2. The van der Waals surface area contributed by atoms with Crippen LogP contribution in [0.3, 0.4) is 0 Å². The number of methoxy groups -OCH3 is 2. The van der Waals surface area contributed by atoms with Gasteiger partial charge in [0.1, 0.15) is 27.7 Å². The molecule has 3 aromatic rings. The van der Waals surface area contributed by atoms with Gasteiger partial charge in [0.05, 0.1) is 20.8 Å². The first kappa shape index (κ1) is 23.9. The van der Waals surface area contributed by atoms with Crippen molar-refractivity contribution in [3.63, 3.8) is 0 Å². The largest absolute Gasteiger partial charge is 0.495 e. The topological polar surface area (TPSA) is 124 Å². The van der Waals surface area contributed by atoms with Gasteiger partial charge in [0, 0.05) is 11.3 Å². The molecule has 0 unspecified atom stereocenters. The van der Waals surface area contributed by atoms with E-state index < -0.39 is 21.9 Å². The van der Waals surface area contributed by atoms with Crippen molar-refractivity contribution in [1.29, 1.82) is 0 Å². The summed E-state index contributed by atoms with van der Waals surface area (Å²) in [6.45, 7) is 3.50. The van der Waals surface area contributed by atoms with Gasteiger partial charge in [-0.3, -0.25) is 9.52 Å². The number of carbonyl (C=O) groups is 2. The first-order valence-electron chi connectivity index (χ1n) is 9.88. The molecule has 174 valence electrons. The number of amides is 1. The Kier molecular flexibility index (Phi) is 7.07. The van der Waals surface area contributed by atoms with Gasteiger partial charge < -0.3 is 19.2 Å². The molecule has 0 radical (unpaired) electrons. The molecule has 3 rings (SSSR count). The van der Waals surface area contributed by atoms with Gasteiger partial charge in [-0.2, -0.15) is 0 Å². The van der Waals surface area contributed by atoms with Crippen molar-refractivity contribution < 1.29 is 31.9 Å². The van der Waals surface area contributed by atoms with Crippen molar-refractivity contribution in [2.75, 3.05) is 18.9 Å². The summed E-state index contributed by atoms with van der Waals surface area (Å²) >= 11 is 0. The minimum absolute atomic E-state index is 0.00754. The van der Waals surface area contributed by atoms with Gasteiger partial charge in [0.25, 0.3) is 15.9 Å². The molecule has 0 bridgehead atoms. The molecule has 9 nitrogen and oxygen atoms in total. The normalized spacial score (nSPS) is 11.0. The van der Waals surface area contributed by atoms with Gasteiger partial charge in [-0.25, -0.2) is 13.2 Å². The average Bonchev–Trinajstić information content (AvgIpc) is 3.18. The quantitative estimate of drug-likeness (QED) is 0.481. The second kappa shape index (κ2) is 9.78. The molecule has 0 fully saturated rings. The zero-order chi connectivity index (χ0) is 24.2. The van der Waals surface area contributed by atoms with Crippen LogP contribution in [0, 0.1) is 13.8 Å². The molecule has 0 saturated heterocycles. The fourth-order valence-electron chi connectivity index (χ4n) is 3.07. The van der Waals surface area contributed by atoms with Crippen LogP contribution < -0.4 is 14.8 Å². The predicted molar refractivity (Wildman–Crippen MR) is 121 cm³/mol. The van der Waals surface area contributed by atoms with Gasteiger partial charge in [-0.15, -0.1) is 0 Å². The number of esters is 1. The summed E-state index contributed by atoms with van der Waals surface area (Å²) in [6, 6.07) is 12.4. The summed E-state index contributed by atoms with van der Waals surface area (Å²) in [6.07, 6.45) is 0. The van der Waals surface area contributed by atoms with Crippen molar-refractivity contribution in [2.24, 2.45) is 0 Å². The minimum Gasteiger partial charge on any atom is -0.495 e. The minimum atomic E-state index is -4.03. The van der Waals surface area contributed by atoms with Crippen LogP contribution in [0.2, 0.25) is 0 Å². The van der Waals surface area contributed by atoms with Crippen molar-refractivity contribution in [2.45, 2.75) is 25.3 Å². The van der Waals surface area contributed by atoms with Crippen LogP contribution in [-0.4, -0.2) is 34.5 Å². The van der Waals surface area contributed by atoms with Crippen molar-refractivity contribution in [3.05, 3.63) is 76.7 Å². The highest BCUT2D eigenvalue weighted by Gasteiger charge is 2.22. The molecule has 0 atom stereocenters. The van der Waals surface area contributed by atoms with Gasteiger partial charge in [0.2, 0.25) is 0 Å². The Labute approximate surface area is 191 Å². The number of nitrogens with one attached hydrogen (secondary N) is 2. The zero-order valence-electron chi connectivity index (χ0n) is 18.6. The standard InChI is InChI=1S/C23H24N2O7S/c1-14-5-8-17(9-6-14)25-33(28,29)21-11-16(7-10-20(21)30-3)22(26)24-13-18-12-19(15(2)32-18)23(27)31-4/h5-12,25H,13H2,1-4H3,(H,24,26). The lowest BCUT2D eigenvalue weighted by Crippen LogP contribution is -2.23. The molecule has 33 heavy (non-hydrogen) atoms. The lowest BCUT2D eigenvalue weighted by atomic mass is 10.2. The van der Waals surface area contributed by atoms with Crippen LogP contribution in [0.25, 0.3) is 0 Å². The summed E-state index contributed by atoms with van der Waals surface area (Å²) < 4.78 is 43.8. The van der Waals surface area contributed by atoms with E-state index in [1.807, 2.05) is 6.92 Å². The van der Waals surface area contributed by atoms with E-state index in [2.05, 4.69) is 14.8 Å². The summed E-state index contributed by atoms with van der Waals surface area (Å²) in [5.74, 6) is -0.261. The number of sulfonamides is 1. The van der Waals surface area contributed by atoms with Crippen LogP contribution >= 0.6 is 0 Å². The van der Waals surface area contributed by atoms with Crippen molar-refractivity contribution in [3.8, 4) is 5.75 Å². The molecule has 0 aliphatic carbocycles. The Bertz CT molecular complexity index is 1280. The highest BCUT2D eigenvalue weighted by atomic mass is 32.2. The molecule has 1 amide bonds. The maximum atomic E-state index is 13.0. The van der Waals surface area contributed by atoms with E-state index >= 15 is 0 Å². The molecule has 0 aliphatic rings. The molecular weight excluding hydrogens is 448 g/mol. The lowest BCUT2D eigenvalue weighted by Gasteiger charge is -2.13. The van der Waals surface area contributed by atoms with Gasteiger partial charge >= 0.3 is 5.97 Å². The Balaban J connectivity index is 1.80. The van der Waals surface area contributed by atoms with Crippen LogP contribution in [0.5, 0.6) is 5.75 Å². The Morgan fingerprint density at radius 1 is 1.00 bits per heavy atom. The summed E-state index contributed by atoms with van der Waals surface area (Å²) in [4.78, 5) is 24.2. The van der Waals surface area contributed by atoms with E-state index in [9.17, 15) is 18.0 Å². The van der Waals surface area contributed by atoms with Crippen LogP contribution in [0.4, 0.5) is 5.69 Å². The van der Waals surface area contributed by atoms with Gasteiger partial charge in [-0.05, 0) is 50.2 Å². The Hall–Kier alpha value is -3.79. The highest BCUT2D eigenvalue weighted by Crippen LogP contribution is 2.27. The molecule has 1 aromatic heterocycles. The number of carbonyl (C=O) groups excluding carboxylic acids is 2. The first-order chi connectivity index (χ1) is 15.6. The van der Waals surface area contributed by atoms with Crippen LogP contribution in [0.15, 0.2) is 57.8 Å². The predicted octanol–water partition coefficient (Wildman–Crippen LogP) is 3.42. The van der Waals surface area contributed by atoms with E-state index in [0.717, 1.165) is 5.56 Å². The van der Waals surface area contributed by atoms with E-state index in [1.54, 1.807) is 31.2 Å². The molecule has 0 aliphatic heterocycles. The SMILES string of the molecule is COC(=O)c1cc(CNC(=O)c2ccc(OC)c(S(=O)(=O)Nc3ccc(C)cc3)c2)oc1C. The number of rotatable bonds is 8. The van der Waals surface area contributed by atoms with Crippen molar-refractivity contribution in [1.82, 2.24) is 5.32 Å². The number of hydrogen-bond donors (Lipinski definition) is 2. The first-order valence-corrected chi connectivity index (χ1v) is 11.4. The van der Waals surface area contributed by atoms with Gasteiger partial charge in [-0.1, -0.05) is 17.7 Å². The number of hydrogen-bond acceptors (Lipinski definition) is 7. The number of furan rings is 1. The third kappa shape index (κ3) is 5.53. The third-order valence-corrected chi connectivity index (χ3v) is 6.22. The van der Waals surface area contributed by atoms with E-state index in [0.29, 0.717) is 17.2 Å². The number of anilines is 1. The molecular formula is C23H24N2O7S. The lowest BCUT2D eigenvalue weighted by molar-refractivity contribution is 0.0598. The molecule has 0 saturated carbocycles. The van der Waals surface area contributed by atoms with E-state index in [1.165, 1.54) is 38.5 Å². The molecule has 10 heteroatoms. The monoisotopic (exact) mass is 472 g/mol. The second-order valence-electron chi connectivity index (χ2n) is 7.19. The molecule has 2 aromatic carbocycles. The fourth-order valence-corrected chi connectivity index (χ4v) is 4.33. The Morgan fingerprint density at radius 2 is 1.70 bits per heavy atom. The molecule has 2 N–H and O–H groups in total. The zero-order valence-corrected chi connectivity index (χ0v) is 19.4. The fraction of sp³-hybridized carbons (Fsp3) is 0.217. The van der Waals surface area contributed by atoms with E-state index in [4.69, 9.17) is 9.15 Å². The second-order valence-corrected chi connectivity index (χ2v) is 8.84. The van der Waals surface area contributed by atoms with Crippen LogP contribution in [0.1, 0.15) is 37.8 Å². The summed E-state index contributed by atoms with van der Waals surface area (Å²) in [5.41, 5.74) is 1.74. The van der Waals surface area contributed by atoms with E-state index in [-0.39, 0.29) is 28.3 Å². The number of ether oxygens (including phenoxy) is 2. The van der Waals surface area contributed by atoms with Crippen LogP contribution in [-0.2, 0) is 21.3 Å². The maximum Gasteiger partial charge on any atom is 0.341 e. The third-order valence-electron chi connectivity index (χ3n) is 4.82. The average molecular weight is 473 g/mol. The maximum absolute atomic E-state index is 13.0. The molecule has 0 spiro atoms. The summed E-state index contributed by atoms with van der Waals surface area (Å²) in [7, 11) is -1.42. The number of aryl methyl sites for hydroxylation is 2.